The lowest BCUT2D eigenvalue weighted by molar-refractivity contribution is -0.123. The van der Waals surface area contributed by atoms with Crippen molar-refractivity contribution in [3.05, 3.63) is 89.3 Å². The fraction of sp³-hybridized carbons (Fsp3) is 0.261. The van der Waals surface area contributed by atoms with Crippen molar-refractivity contribution in [3.8, 4) is 0 Å². The summed E-state index contributed by atoms with van der Waals surface area (Å²) in [6.07, 6.45) is 1.89. The second kappa shape index (κ2) is 10.5. The van der Waals surface area contributed by atoms with E-state index in [1.54, 1.807) is 11.4 Å². The number of thiophene rings is 1. The van der Waals surface area contributed by atoms with Gasteiger partial charge in [-0.3, -0.25) is 4.79 Å². The molecule has 0 spiro atoms. The lowest BCUT2D eigenvalue weighted by atomic mass is 10.0. The standard InChI is InChI=1S/C23H26N2O3S2/c1-18(14-15-19-9-4-2-5-10-19)24-23(26)21(17-20-11-6-3-7-12-20)25-30(27,28)22-13-8-16-29-22/h2-13,16,18,21,25H,14-15,17H2,1H3,(H,24,26)/t18-,21-/m1/s1. The monoisotopic (exact) mass is 442 g/mol. The summed E-state index contributed by atoms with van der Waals surface area (Å²) in [5.41, 5.74) is 2.10. The number of amides is 1. The van der Waals surface area contributed by atoms with Gasteiger partial charge in [-0.15, -0.1) is 11.3 Å². The van der Waals surface area contributed by atoms with Crippen LogP contribution in [0.1, 0.15) is 24.5 Å². The minimum Gasteiger partial charge on any atom is -0.352 e. The van der Waals surface area contributed by atoms with Crippen molar-refractivity contribution >= 4 is 27.3 Å². The Labute approximate surface area is 182 Å². The van der Waals surface area contributed by atoms with E-state index in [2.05, 4.69) is 22.2 Å². The normalized spacial score (nSPS) is 13.5. The minimum atomic E-state index is -3.76. The minimum absolute atomic E-state index is 0.0813. The van der Waals surface area contributed by atoms with Crippen LogP contribution in [0.15, 0.2) is 82.4 Å². The summed E-state index contributed by atoms with van der Waals surface area (Å²) in [6, 6.07) is 21.7. The van der Waals surface area contributed by atoms with Crippen molar-refractivity contribution in [2.24, 2.45) is 0 Å². The summed E-state index contributed by atoms with van der Waals surface area (Å²) >= 11 is 1.13. The molecule has 158 valence electrons. The van der Waals surface area contributed by atoms with Gasteiger partial charge in [0.05, 0.1) is 0 Å². The summed E-state index contributed by atoms with van der Waals surface area (Å²) in [6.45, 7) is 1.94. The van der Waals surface area contributed by atoms with Gasteiger partial charge < -0.3 is 5.32 Å². The average Bonchev–Trinajstić information content (AvgIpc) is 3.29. The summed E-state index contributed by atoms with van der Waals surface area (Å²) in [7, 11) is -3.76. The van der Waals surface area contributed by atoms with E-state index < -0.39 is 16.1 Å². The predicted octanol–water partition coefficient (Wildman–Crippen LogP) is 3.78. The van der Waals surface area contributed by atoms with Crippen molar-refractivity contribution in [1.29, 1.82) is 0 Å². The quantitative estimate of drug-likeness (QED) is 0.502. The van der Waals surface area contributed by atoms with Crippen LogP contribution in [0.3, 0.4) is 0 Å². The van der Waals surface area contributed by atoms with E-state index in [1.807, 2.05) is 55.5 Å². The van der Waals surface area contributed by atoms with Crippen LogP contribution in [0.2, 0.25) is 0 Å². The zero-order valence-electron chi connectivity index (χ0n) is 16.8. The molecule has 0 saturated carbocycles. The third-order valence-corrected chi connectivity index (χ3v) is 7.62. The number of benzene rings is 2. The molecule has 2 atom stereocenters. The first-order valence-corrected chi connectivity index (χ1v) is 12.2. The van der Waals surface area contributed by atoms with E-state index in [0.29, 0.717) is 0 Å². The van der Waals surface area contributed by atoms with Crippen LogP contribution >= 0.6 is 11.3 Å². The highest BCUT2D eigenvalue weighted by atomic mass is 32.2. The highest BCUT2D eigenvalue weighted by Crippen LogP contribution is 2.17. The first kappa shape index (κ1) is 22.2. The Morgan fingerprint density at radius 3 is 2.17 bits per heavy atom. The van der Waals surface area contributed by atoms with Crippen molar-refractivity contribution in [2.45, 2.75) is 42.5 Å². The zero-order valence-corrected chi connectivity index (χ0v) is 18.5. The van der Waals surface area contributed by atoms with E-state index in [9.17, 15) is 13.2 Å². The van der Waals surface area contributed by atoms with Crippen LogP contribution in [-0.4, -0.2) is 26.4 Å². The number of sulfonamides is 1. The lowest BCUT2D eigenvalue weighted by Crippen LogP contribution is -2.50. The van der Waals surface area contributed by atoms with Crippen molar-refractivity contribution in [2.75, 3.05) is 0 Å². The summed E-state index contributed by atoms with van der Waals surface area (Å²) in [4.78, 5) is 13.0. The maximum Gasteiger partial charge on any atom is 0.250 e. The molecule has 5 nitrogen and oxygen atoms in total. The number of carbonyl (C=O) groups is 1. The molecule has 0 fully saturated rings. The molecule has 0 bridgehead atoms. The van der Waals surface area contributed by atoms with E-state index in [4.69, 9.17) is 0 Å². The average molecular weight is 443 g/mol. The molecule has 0 saturated heterocycles. The van der Waals surface area contributed by atoms with E-state index in [1.165, 1.54) is 11.6 Å². The van der Waals surface area contributed by atoms with Crippen LogP contribution in [0.4, 0.5) is 0 Å². The van der Waals surface area contributed by atoms with Gasteiger partial charge in [-0.05, 0) is 48.8 Å². The van der Waals surface area contributed by atoms with Gasteiger partial charge in [0.2, 0.25) is 5.91 Å². The Balaban J connectivity index is 1.67. The third-order valence-electron chi connectivity index (χ3n) is 4.75. The van der Waals surface area contributed by atoms with Gasteiger partial charge in [0.25, 0.3) is 10.0 Å². The maximum atomic E-state index is 13.0. The molecular formula is C23H26N2O3S2. The number of hydrogen-bond donors (Lipinski definition) is 2. The molecule has 2 N–H and O–H groups in total. The van der Waals surface area contributed by atoms with Gasteiger partial charge in [-0.2, -0.15) is 4.72 Å². The SMILES string of the molecule is C[C@H](CCc1ccccc1)NC(=O)[C@@H](Cc1ccccc1)NS(=O)(=O)c1cccs1. The van der Waals surface area contributed by atoms with E-state index in [-0.39, 0.29) is 22.6 Å². The Bertz CT molecular complexity index is 1020. The van der Waals surface area contributed by atoms with Crippen molar-refractivity contribution in [1.82, 2.24) is 10.0 Å². The number of nitrogens with one attached hydrogen (secondary N) is 2. The van der Waals surface area contributed by atoms with Crippen LogP contribution in [0, 0.1) is 0 Å². The van der Waals surface area contributed by atoms with Crippen LogP contribution in [-0.2, 0) is 27.7 Å². The molecule has 1 amide bonds. The molecule has 3 rings (SSSR count). The Kier molecular flexibility index (Phi) is 7.79. The predicted molar refractivity (Wildman–Crippen MR) is 121 cm³/mol. The highest BCUT2D eigenvalue weighted by Gasteiger charge is 2.27. The molecule has 3 aromatic rings. The molecule has 0 aliphatic rings. The van der Waals surface area contributed by atoms with Gasteiger partial charge in [0, 0.05) is 6.04 Å². The molecular weight excluding hydrogens is 416 g/mol. The van der Waals surface area contributed by atoms with E-state index >= 15 is 0 Å². The smallest absolute Gasteiger partial charge is 0.250 e. The first-order chi connectivity index (χ1) is 14.4. The highest BCUT2D eigenvalue weighted by molar-refractivity contribution is 7.91. The van der Waals surface area contributed by atoms with Crippen LogP contribution < -0.4 is 10.0 Å². The topological polar surface area (TPSA) is 75.3 Å². The fourth-order valence-corrected chi connectivity index (χ4v) is 5.35. The van der Waals surface area contributed by atoms with Crippen LogP contribution in [0.25, 0.3) is 0 Å². The van der Waals surface area contributed by atoms with Crippen molar-refractivity contribution < 1.29 is 13.2 Å². The third kappa shape index (κ3) is 6.52. The second-order valence-electron chi connectivity index (χ2n) is 7.23. The summed E-state index contributed by atoms with van der Waals surface area (Å²) in [5.74, 6) is -0.320. The number of carbonyl (C=O) groups excluding carboxylic acids is 1. The maximum absolute atomic E-state index is 13.0. The molecule has 1 heterocycles. The zero-order chi connectivity index (χ0) is 21.4. The number of aryl methyl sites for hydroxylation is 1. The van der Waals surface area contributed by atoms with Crippen LogP contribution in [0.5, 0.6) is 0 Å². The molecule has 30 heavy (non-hydrogen) atoms. The molecule has 0 unspecified atom stereocenters. The Hall–Kier alpha value is -2.48. The summed E-state index contributed by atoms with van der Waals surface area (Å²) in [5, 5.41) is 4.68. The first-order valence-electron chi connectivity index (χ1n) is 9.88. The largest absolute Gasteiger partial charge is 0.352 e. The van der Waals surface area contributed by atoms with Gasteiger partial charge in [-0.25, -0.2) is 8.42 Å². The molecule has 0 aliphatic carbocycles. The lowest BCUT2D eigenvalue weighted by Gasteiger charge is -2.21. The van der Waals surface area contributed by atoms with E-state index in [0.717, 1.165) is 29.7 Å². The van der Waals surface area contributed by atoms with Crippen molar-refractivity contribution in [3.63, 3.8) is 0 Å². The second-order valence-corrected chi connectivity index (χ2v) is 10.1. The summed E-state index contributed by atoms with van der Waals surface area (Å²) < 4.78 is 28.2. The Morgan fingerprint density at radius 1 is 0.933 bits per heavy atom. The van der Waals surface area contributed by atoms with Gasteiger partial charge in [0.1, 0.15) is 10.3 Å². The molecule has 2 aromatic carbocycles. The van der Waals surface area contributed by atoms with Gasteiger partial charge in [0.15, 0.2) is 0 Å². The van der Waals surface area contributed by atoms with Gasteiger partial charge in [-0.1, -0.05) is 66.7 Å². The molecule has 0 aliphatic heterocycles. The number of hydrogen-bond acceptors (Lipinski definition) is 4. The van der Waals surface area contributed by atoms with Gasteiger partial charge >= 0.3 is 0 Å². The molecule has 7 heteroatoms. The fourth-order valence-electron chi connectivity index (χ4n) is 3.14. The Morgan fingerprint density at radius 2 is 1.57 bits per heavy atom. The molecule has 0 radical (unpaired) electrons. The molecule has 1 aromatic heterocycles. The number of rotatable bonds is 10.